The van der Waals surface area contributed by atoms with Crippen molar-refractivity contribution in [3.05, 3.63) is 0 Å². The Labute approximate surface area is 119 Å². The number of hydrogen-bond donors (Lipinski definition) is 2. The van der Waals surface area contributed by atoms with Gasteiger partial charge in [0, 0.05) is 0 Å². The third kappa shape index (κ3) is 12.9. The summed E-state index contributed by atoms with van der Waals surface area (Å²) in [7, 11) is -3.84. The Balaban J connectivity index is 3.17. The maximum absolute atomic E-state index is 10.9. The van der Waals surface area contributed by atoms with Gasteiger partial charge in [-0.3, -0.25) is 4.57 Å². The Morgan fingerprint density at radius 1 is 0.789 bits per heavy atom. The van der Waals surface area contributed by atoms with Gasteiger partial charge < -0.3 is 9.79 Å². The Bertz CT molecular complexity index is 238. The van der Waals surface area contributed by atoms with Gasteiger partial charge in [0.2, 0.25) is 0 Å². The molecule has 0 aliphatic carbocycles. The smallest absolute Gasteiger partial charge is 0.324 e. The van der Waals surface area contributed by atoms with E-state index in [2.05, 4.69) is 6.92 Å². The molecule has 0 saturated heterocycles. The molecule has 0 heterocycles. The molecule has 0 bridgehead atoms. The largest absolute Gasteiger partial charge is 0.328 e. The van der Waals surface area contributed by atoms with Crippen molar-refractivity contribution >= 4 is 7.60 Å². The van der Waals surface area contributed by atoms with Gasteiger partial charge in [0.25, 0.3) is 0 Å². The number of hydrogen-bond acceptors (Lipinski definition) is 1. The van der Waals surface area contributed by atoms with E-state index in [4.69, 9.17) is 9.79 Å². The van der Waals surface area contributed by atoms with Crippen molar-refractivity contribution in [3.63, 3.8) is 0 Å². The van der Waals surface area contributed by atoms with Crippen LogP contribution in [0, 0.1) is 0 Å². The van der Waals surface area contributed by atoms with E-state index in [1.807, 2.05) is 0 Å². The highest BCUT2D eigenvalue weighted by Gasteiger charge is 2.22. The normalized spacial score (nSPS) is 13.7. The highest BCUT2D eigenvalue weighted by atomic mass is 31.2. The Morgan fingerprint density at radius 2 is 1.16 bits per heavy atom. The second kappa shape index (κ2) is 11.9. The maximum atomic E-state index is 10.9. The van der Waals surface area contributed by atoms with Gasteiger partial charge in [0.15, 0.2) is 0 Å². The van der Waals surface area contributed by atoms with Crippen LogP contribution in [0.4, 0.5) is 0 Å². The van der Waals surface area contributed by atoms with Crippen molar-refractivity contribution in [2.75, 3.05) is 0 Å². The summed E-state index contributed by atoms with van der Waals surface area (Å²) in [6.07, 6.45) is 14.7. The lowest BCUT2D eigenvalue weighted by atomic mass is 10.0. The Hall–Kier alpha value is 0.150. The van der Waals surface area contributed by atoms with Crippen molar-refractivity contribution in [3.8, 4) is 0 Å². The molecule has 0 aromatic rings. The predicted octanol–water partition coefficient (Wildman–Crippen LogP) is 5.25. The average Bonchev–Trinajstić information content (AvgIpc) is 2.34. The van der Waals surface area contributed by atoms with E-state index in [1.54, 1.807) is 6.92 Å². The van der Waals surface area contributed by atoms with Gasteiger partial charge in [-0.1, -0.05) is 84.5 Å². The maximum Gasteiger partial charge on any atom is 0.328 e. The standard InChI is InChI=1S/C15H33O3P/c1-3-4-5-6-7-8-9-10-11-12-13-14-15(2)19(16,17)18/h15H,3-14H2,1-2H3,(H2,16,17,18). The minimum absolute atomic E-state index is 0.467. The summed E-state index contributed by atoms with van der Waals surface area (Å²) in [4.78, 5) is 17.9. The summed E-state index contributed by atoms with van der Waals surface area (Å²) in [6, 6.07) is 0. The molecule has 0 radical (unpaired) electrons. The molecule has 0 fully saturated rings. The molecule has 0 spiro atoms. The van der Waals surface area contributed by atoms with Crippen LogP contribution in [-0.4, -0.2) is 15.4 Å². The van der Waals surface area contributed by atoms with Gasteiger partial charge in [0.05, 0.1) is 5.66 Å². The van der Waals surface area contributed by atoms with Gasteiger partial charge in [-0.15, -0.1) is 0 Å². The van der Waals surface area contributed by atoms with E-state index in [1.165, 1.54) is 57.8 Å². The molecule has 2 N–H and O–H groups in total. The van der Waals surface area contributed by atoms with E-state index < -0.39 is 13.3 Å². The first-order valence-electron chi connectivity index (χ1n) is 8.03. The molecule has 1 unspecified atom stereocenters. The molecule has 0 amide bonds. The van der Waals surface area contributed by atoms with Crippen LogP contribution < -0.4 is 0 Å². The Morgan fingerprint density at radius 3 is 1.53 bits per heavy atom. The molecular weight excluding hydrogens is 259 g/mol. The van der Waals surface area contributed by atoms with E-state index >= 15 is 0 Å². The summed E-state index contributed by atoms with van der Waals surface area (Å²) < 4.78 is 10.9. The van der Waals surface area contributed by atoms with E-state index in [0.29, 0.717) is 6.42 Å². The molecule has 0 aliphatic rings. The summed E-state index contributed by atoms with van der Waals surface area (Å²) in [5.41, 5.74) is -0.467. The van der Waals surface area contributed by atoms with Crippen LogP contribution in [-0.2, 0) is 4.57 Å². The first-order chi connectivity index (χ1) is 8.98. The van der Waals surface area contributed by atoms with Crippen LogP contribution in [0.1, 0.15) is 90.9 Å². The summed E-state index contributed by atoms with van der Waals surface area (Å²) in [6.45, 7) is 3.89. The zero-order valence-corrected chi connectivity index (χ0v) is 13.7. The molecule has 0 aromatic carbocycles. The van der Waals surface area contributed by atoms with Crippen LogP contribution in [0.25, 0.3) is 0 Å². The molecule has 116 valence electrons. The van der Waals surface area contributed by atoms with Crippen molar-refractivity contribution in [1.29, 1.82) is 0 Å². The van der Waals surface area contributed by atoms with Crippen molar-refractivity contribution in [2.45, 2.75) is 96.6 Å². The third-order valence-corrected chi connectivity index (χ3v) is 5.21. The van der Waals surface area contributed by atoms with Crippen molar-refractivity contribution in [1.82, 2.24) is 0 Å². The quantitative estimate of drug-likeness (QED) is 0.360. The zero-order valence-electron chi connectivity index (χ0n) is 12.8. The minimum atomic E-state index is -3.84. The van der Waals surface area contributed by atoms with Gasteiger partial charge in [-0.05, 0) is 6.42 Å². The monoisotopic (exact) mass is 292 g/mol. The van der Waals surface area contributed by atoms with Crippen molar-refractivity contribution < 1.29 is 14.4 Å². The molecule has 19 heavy (non-hydrogen) atoms. The number of unbranched alkanes of at least 4 members (excludes halogenated alkanes) is 10. The molecular formula is C15H33O3P. The van der Waals surface area contributed by atoms with Gasteiger partial charge in [-0.25, -0.2) is 0 Å². The molecule has 0 saturated carbocycles. The highest BCUT2D eigenvalue weighted by Crippen LogP contribution is 2.43. The number of rotatable bonds is 13. The zero-order chi connectivity index (χ0) is 14.6. The predicted molar refractivity (Wildman–Crippen MR) is 82.6 cm³/mol. The average molecular weight is 292 g/mol. The van der Waals surface area contributed by atoms with Crippen LogP contribution in [0.3, 0.4) is 0 Å². The summed E-state index contributed by atoms with van der Waals surface area (Å²) in [5.74, 6) is 0. The third-order valence-electron chi connectivity index (χ3n) is 3.80. The van der Waals surface area contributed by atoms with Gasteiger partial charge >= 0.3 is 7.60 Å². The highest BCUT2D eigenvalue weighted by molar-refractivity contribution is 7.52. The fourth-order valence-corrected chi connectivity index (χ4v) is 2.79. The van der Waals surface area contributed by atoms with Crippen molar-refractivity contribution in [2.24, 2.45) is 0 Å². The fraction of sp³-hybridized carbons (Fsp3) is 1.00. The van der Waals surface area contributed by atoms with Crippen LogP contribution in [0.2, 0.25) is 0 Å². The van der Waals surface area contributed by atoms with Crippen LogP contribution in [0.15, 0.2) is 0 Å². The fourth-order valence-electron chi connectivity index (χ4n) is 2.27. The first-order valence-corrected chi connectivity index (χ1v) is 9.72. The van der Waals surface area contributed by atoms with Crippen LogP contribution >= 0.6 is 7.60 Å². The van der Waals surface area contributed by atoms with Gasteiger partial charge in [0.1, 0.15) is 0 Å². The SMILES string of the molecule is CCCCCCCCCCCCCC(C)P(=O)(O)O. The second-order valence-electron chi connectivity index (χ2n) is 5.76. The topological polar surface area (TPSA) is 57.5 Å². The lowest BCUT2D eigenvalue weighted by Gasteiger charge is -2.12. The van der Waals surface area contributed by atoms with Crippen LogP contribution in [0.5, 0.6) is 0 Å². The molecule has 0 aliphatic heterocycles. The minimum Gasteiger partial charge on any atom is -0.324 e. The second-order valence-corrected chi connectivity index (χ2v) is 7.82. The lowest BCUT2D eigenvalue weighted by Crippen LogP contribution is -2.02. The first kappa shape index (κ1) is 19.1. The van der Waals surface area contributed by atoms with Gasteiger partial charge in [-0.2, -0.15) is 0 Å². The molecule has 0 rings (SSSR count). The molecule has 3 nitrogen and oxygen atoms in total. The van der Waals surface area contributed by atoms with E-state index in [9.17, 15) is 4.57 Å². The molecule has 1 atom stereocenters. The molecule has 0 aromatic heterocycles. The Kier molecular flexibility index (Phi) is 12.0. The molecule has 4 heteroatoms. The van der Waals surface area contributed by atoms with E-state index in [0.717, 1.165) is 12.8 Å². The lowest BCUT2D eigenvalue weighted by molar-refractivity contribution is 0.355. The van der Waals surface area contributed by atoms with E-state index in [-0.39, 0.29) is 0 Å². The summed E-state index contributed by atoms with van der Waals surface area (Å²) >= 11 is 0. The summed E-state index contributed by atoms with van der Waals surface area (Å²) in [5, 5.41) is 0.